The van der Waals surface area contributed by atoms with Gasteiger partial charge in [-0.15, -0.1) is 0 Å². The van der Waals surface area contributed by atoms with Crippen LogP contribution in [0.1, 0.15) is 50.2 Å². The largest absolute Gasteiger partial charge is 0.352 e. The number of amides is 1. The molecule has 2 fully saturated rings. The van der Waals surface area contributed by atoms with Crippen molar-refractivity contribution < 1.29 is 4.79 Å². The highest BCUT2D eigenvalue weighted by atomic mass is 16.2. The molecule has 2 aliphatic rings. The Morgan fingerprint density at radius 2 is 1.70 bits per heavy atom. The van der Waals surface area contributed by atoms with Gasteiger partial charge in [-0.3, -0.25) is 4.79 Å². The summed E-state index contributed by atoms with van der Waals surface area (Å²) in [7, 11) is 0. The van der Waals surface area contributed by atoms with Gasteiger partial charge in [0.2, 0.25) is 5.91 Å². The zero-order chi connectivity index (χ0) is 20.9. The van der Waals surface area contributed by atoms with E-state index in [1.807, 2.05) is 18.2 Å². The van der Waals surface area contributed by atoms with E-state index in [4.69, 9.17) is 0 Å². The topological polar surface area (TPSA) is 32.3 Å². The van der Waals surface area contributed by atoms with Crippen LogP contribution in [0, 0.1) is 17.8 Å². The molecule has 4 rings (SSSR count). The van der Waals surface area contributed by atoms with E-state index in [-0.39, 0.29) is 11.8 Å². The fourth-order valence-corrected chi connectivity index (χ4v) is 5.64. The third kappa shape index (κ3) is 4.95. The molecule has 160 valence electrons. The Bertz CT molecular complexity index is 804. The standard InChI is InChI=1S/C27H36N2O/c1-20(2)26(22-13-7-4-8-14-22)27(30)28-25-16-15-23-18-29(19-24(23)25)17-9-12-21-10-5-3-6-11-21/h3-8,10-11,13-14,20,23-26H,9,12,15-19H2,1-2H3,(H,28,30). The van der Waals surface area contributed by atoms with Gasteiger partial charge in [0.05, 0.1) is 5.92 Å². The summed E-state index contributed by atoms with van der Waals surface area (Å²) in [5.74, 6) is 1.82. The van der Waals surface area contributed by atoms with E-state index >= 15 is 0 Å². The van der Waals surface area contributed by atoms with E-state index in [1.165, 1.54) is 31.5 Å². The van der Waals surface area contributed by atoms with Crippen molar-refractivity contribution in [3.8, 4) is 0 Å². The SMILES string of the molecule is CC(C)C(C(=O)NC1CCC2CN(CCCc3ccccc3)CC21)c1ccccc1. The smallest absolute Gasteiger partial charge is 0.228 e. The zero-order valence-corrected chi connectivity index (χ0v) is 18.5. The molecule has 1 saturated heterocycles. The number of benzene rings is 2. The molecular formula is C27H36N2O. The lowest BCUT2D eigenvalue weighted by Gasteiger charge is -2.26. The first-order valence-electron chi connectivity index (χ1n) is 11.7. The molecule has 1 heterocycles. The van der Waals surface area contributed by atoms with Crippen LogP contribution in [-0.2, 0) is 11.2 Å². The van der Waals surface area contributed by atoms with Crippen LogP contribution < -0.4 is 5.32 Å². The molecule has 3 nitrogen and oxygen atoms in total. The molecule has 0 radical (unpaired) electrons. The Labute approximate surface area is 181 Å². The second kappa shape index (κ2) is 9.78. The van der Waals surface area contributed by atoms with Crippen molar-refractivity contribution in [2.45, 2.75) is 51.5 Å². The van der Waals surface area contributed by atoms with Gasteiger partial charge < -0.3 is 10.2 Å². The maximum absolute atomic E-state index is 13.2. The number of nitrogens with one attached hydrogen (secondary N) is 1. The summed E-state index contributed by atoms with van der Waals surface area (Å²) in [6, 6.07) is 21.4. The molecule has 0 spiro atoms. The molecular weight excluding hydrogens is 368 g/mol. The Balaban J connectivity index is 1.30. The number of hydrogen-bond acceptors (Lipinski definition) is 2. The third-order valence-corrected chi connectivity index (χ3v) is 7.15. The molecule has 4 atom stereocenters. The van der Waals surface area contributed by atoms with Crippen molar-refractivity contribution in [1.29, 1.82) is 0 Å². The van der Waals surface area contributed by atoms with Crippen LogP contribution in [0.3, 0.4) is 0 Å². The lowest BCUT2D eigenvalue weighted by Crippen LogP contribution is -2.43. The molecule has 0 bridgehead atoms. The van der Waals surface area contributed by atoms with Crippen molar-refractivity contribution in [3.63, 3.8) is 0 Å². The van der Waals surface area contributed by atoms with Gasteiger partial charge in [-0.05, 0) is 61.1 Å². The molecule has 3 heteroatoms. The average molecular weight is 405 g/mol. The summed E-state index contributed by atoms with van der Waals surface area (Å²) < 4.78 is 0. The first kappa shape index (κ1) is 21.1. The summed E-state index contributed by atoms with van der Waals surface area (Å²) in [6.07, 6.45) is 4.75. The Kier molecular flexibility index (Phi) is 6.89. The minimum Gasteiger partial charge on any atom is -0.352 e. The van der Waals surface area contributed by atoms with Crippen molar-refractivity contribution in [3.05, 3.63) is 71.8 Å². The van der Waals surface area contributed by atoms with Crippen LogP contribution in [0.5, 0.6) is 0 Å². The van der Waals surface area contributed by atoms with Crippen molar-refractivity contribution in [1.82, 2.24) is 10.2 Å². The van der Waals surface area contributed by atoms with E-state index in [9.17, 15) is 4.79 Å². The predicted octanol–water partition coefficient (Wildman–Crippen LogP) is 4.89. The zero-order valence-electron chi connectivity index (χ0n) is 18.5. The van der Waals surface area contributed by atoms with Crippen LogP contribution in [0.25, 0.3) is 0 Å². The van der Waals surface area contributed by atoms with Crippen molar-refractivity contribution in [2.24, 2.45) is 17.8 Å². The van der Waals surface area contributed by atoms with Crippen LogP contribution in [0.2, 0.25) is 0 Å². The fourth-order valence-electron chi connectivity index (χ4n) is 5.64. The van der Waals surface area contributed by atoms with Gasteiger partial charge in [-0.25, -0.2) is 0 Å². The number of fused-ring (bicyclic) bond motifs is 1. The number of carbonyl (C=O) groups is 1. The summed E-state index contributed by atoms with van der Waals surface area (Å²) in [4.78, 5) is 15.8. The minimum absolute atomic E-state index is 0.0615. The Morgan fingerprint density at radius 1 is 1.00 bits per heavy atom. The molecule has 1 N–H and O–H groups in total. The van der Waals surface area contributed by atoms with E-state index in [0.29, 0.717) is 17.9 Å². The van der Waals surface area contributed by atoms with Gasteiger partial charge in [0.25, 0.3) is 0 Å². The van der Waals surface area contributed by atoms with Crippen molar-refractivity contribution >= 4 is 5.91 Å². The monoisotopic (exact) mass is 404 g/mol. The van der Waals surface area contributed by atoms with E-state index in [2.05, 4.69) is 66.5 Å². The van der Waals surface area contributed by atoms with E-state index in [1.54, 1.807) is 0 Å². The quantitative estimate of drug-likeness (QED) is 0.680. The highest BCUT2D eigenvalue weighted by Crippen LogP contribution is 2.39. The van der Waals surface area contributed by atoms with Crippen LogP contribution in [0.4, 0.5) is 0 Å². The number of likely N-dealkylation sites (tertiary alicyclic amines) is 1. The molecule has 1 aliphatic carbocycles. The minimum atomic E-state index is -0.0615. The first-order chi connectivity index (χ1) is 14.6. The van der Waals surface area contributed by atoms with Crippen molar-refractivity contribution in [2.75, 3.05) is 19.6 Å². The summed E-state index contributed by atoms with van der Waals surface area (Å²) >= 11 is 0. The highest BCUT2D eigenvalue weighted by Gasteiger charge is 2.43. The van der Waals surface area contributed by atoms with Gasteiger partial charge in [0.1, 0.15) is 0 Å². The number of rotatable bonds is 8. The fraction of sp³-hybridized carbons (Fsp3) is 0.519. The summed E-state index contributed by atoms with van der Waals surface area (Å²) in [5.41, 5.74) is 2.57. The molecule has 2 aromatic carbocycles. The number of carbonyl (C=O) groups excluding carboxylic acids is 1. The summed E-state index contributed by atoms with van der Waals surface area (Å²) in [5, 5.41) is 3.47. The predicted molar refractivity (Wildman–Crippen MR) is 123 cm³/mol. The van der Waals surface area contributed by atoms with Gasteiger partial charge in [-0.2, -0.15) is 0 Å². The average Bonchev–Trinajstić information content (AvgIpc) is 3.31. The Hall–Kier alpha value is -2.13. The van der Waals surface area contributed by atoms with Gasteiger partial charge in [0, 0.05) is 19.1 Å². The van der Waals surface area contributed by atoms with E-state index in [0.717, 1.165) is 30.9 Å². The van der Waals surface area contributed by atoms with Crippen LogP contribution in [-0.4, -0.2) is 36.5 Å². The molecule has 0 aromatic heterocycles. The number of hydrogen-bond donors (Lipinski definition) is 1. The number of aryl methyl sites for hydroxylation is 1. The molecule has 2 aromatic rings. The second-order valence-electron chi connectivity index (χ2n) is 9.60. The normalized spacial score (nSPS) is 24.7. The van der Waals surface area contributed by atoms with Crippen LogP contribution >= 0.6 is 0 Å². The number of nitrogens with zero attached hydrogens (tertiary/aromatic N) is 1. The van der Waals surface area contributed by atoms with Gasteiger partial charge >= 0.3 is 0 Å². The second-order valence-corrected chi connectivity index (χ2v) is 9.60. The molecule has 1 amide bonds. The Morgan fingerprint density at radius 3 is 2.40 bits per heavy atom. The molecule has 1 saturated carbocycles. The maximum Gasteiger partial charge on any atom is 0.228 e. The lowest BCUT2D eigenvalue weighted by atomic mass is 9.87. The first-order valence-corrected chi connectivity index (χ1v) is 11.7. The third-order valence-electron chi connectivity index (χ3n) is 7.15. The molecule has 4 unspecified atom stereocenters. The molecule has 1 aliphatic heterocycles. The summed E-state index contributed by atoms with van der Waals surface area (Å²) in [6.45, 7) is 7.82. The van der Waals surface area contributed by atoms with Crippen LogP contribution in [0.15, 0.2) is 60.7 Å². The van der Waals surface area contributed by atoms with E-state index < -0.39 is 0 Å². The van der Waals surface area contributed by atoms with Gasteiger partial charge in [-0.1, -0.05) is 74.5 Å². The highest BCUT2D eigenvalue weighted by molar-refractivity contribution is 5.84. The molecule has 30 heavy (non-hydrogen) atoms. The van der Waals surface area contributed by atoms with Gasteiger partial charge in [0.15, 0.2) is 0 Å². The lowest BCUT2D eigenvalue weighted by molar-refractivity contribution is -0.124. The maximum atomic E-state index is 13.2.